The molecule has 5 heterocycles. The Hall–Kier alpha value is -5.13. The van der Waals surface area contributed by atoms with Crippen molar-refractivity contribution in [3.63, 3.8) is 0 Å². The number of carboxylic acids is 1. The van der Waals surface area contributed by atoms with Gasteiger partial charge in [-0.25, -0.2) is 4.79 Å². The number of nitrogens with two attached hydrogens (primary N) is 1. The quantitative estimate of drug-likeness (QED) is 0.281. The zero-order valence-corrected chi connectivity index (χ0v) is 26.1. The zero-order chi connectivity index (χ0) is 32.0. The van der Waals surface area contributed by atoms with Gasteiger partial charge in [-0.2, -0.15) is 5.10 Å². The second-order valence-corrected chi connectivity index (χ2v) is 12.8. The Morgan fingerprint density at radius 2 is 1.98 bits per heavy atom. The van der Waals surface area contributed by atoms with Crippen molar-refractivity contribution in [1.29, 1.82) is 0 Å². The summed E-state index contributed by atoms with van der Waals surface area (Å²) >= 11 is 0. The Bertz CT molecular complexity index is 1880. The van der Waals surface area contributed by atoms with Crippen LogP contribution in [0.5, 0.6) is 0 Å². The average molecular weight is 620 g/mol. The van der Waals surface area contributed by atoms with Crippen LogP contribution >= 0.6 is 0 Å². The first-order chi connectivity index (χ1) is 22.2. The summed E-state index contributed by atoms with van der Waals surface area (Å²) < 4.78 is 1.94. The number of anilines is 1. The number of hydrogen-bond acceptors (Lipinski definition) is 9. The molecule has 3 aliphatic rings. The fourth-order valence-corrected chi connectivity index (χ4v) is 7.39. The van der Waals surface area contributed by atoms with E-state index in [2.05, 4.69) is 27.2 Å². The molecular weight excluding hydrogens is 582 g/mol. The van der Waals surface area contributed by atoms with E-state index in [0.29, 0.717) is 24.4 Å². The highest BCUT2D eigenvalue weighted by atomic mass is 16.4. The lowest BCUT2D eigenvalue weighted by molar-refractivity contribution is -0.129. The molecule has 12 heteroatoms. The van der Waals surface area contributed by atoms with Crippen LogP contribution in [-0.4, -0.2) is 79.2 Å². The SMILES string of the molecule is CC(=O)N1CCc2c(c(-c3cccc4cc(/C(C=NCCC5CC6(C5)CN(c5ccc(C(=O)O)nn5)C6)=C/N)ncc34)nn2C)C1. The number of aromatic carboxylic acids is 1. The van der Waals surface area contributed by atoms with Gasteiger partial charge in [0, 0.05) is 105 Å². The highest BCUT2D eigenvalue weighted by Crippen LogP contribution is 2.53. The molecule has 1 aliphatic carbocycles. The maximum absolute atomic E-state index is 12.1. The van der Waals surface area contributed by atoms with E-state index in [1.54, 1.807) is 19.2 Å². The number of aromatic nitrogens is 5. The molecule has 2 aliphatic heterocycles. The van der Waals surface area contributed by atoms with Gasteiger partial charge in [0.1, 0.15) is 0 Å². The third-order valence-corrected chi connectivity index (χ3v) is 9.77. The van der Waals surface area contributed by atoms with Crippen LogP contribution in [0.4, 0.5) is 5.82 Å². The monoisotopic (exact) mass is 619 g/mol. The van der Waals surface area contributed by atoms with Crippen molar-refractivity contribution < 1.29 is 14.7 Å². The Balaban J connectivity index is 0.964. The van der Waals surface area contributed by atoms with Gasteiger partial charge in [0.2, 0.25) is 5.91 Å². The van der Waals surface area contributed by atoms with Gasteiger partial charge in [-0.3, -0.25) is 19.5 Å². The van der Waals surface area contributed by atoms with Gasteiger partial charge in [-0.05, 0) is 48.8 Å². The fraction of sp³-hybridized carbons (Fsp3) is 0.382. The van der Waals surface area contributed by atoms with Gasteiger partial charge < -0.3 is 20.6 Å². The third-order valence-electron chi connectivity index (χ3n) is 9.77. The lowest BCUT2D eigenvalue weighted by atomic mass is 9.57. The summed E-state index contributed by atoms with van der Waals surface area (Å²) in [6.45, 7) is 5.48. The maximum atomic E-state index is 12.1. The number of fused-ring (bicyclic) bond motifs is 2. The number of hydrogen-bond donors (Lipinski definition) is 2. The van der Waals surface area contributed by atoms with Crippen molar-refractivity contribution in [3.8, 4) is 11.3 Å². The van der Waals surface area contributed by atoms with Gasteiger partial charge in [-0.1, -0.05) is 18.2 Å². The van der Waals surface area contributed by atoms with Crippen LogP contribution in [0.15, 0.2) is 53.8 Å². The molecule has 1 aromatic carbocycles. The molecule has 0 bridgehead atoms. The van der Waals surface area contributed by atoms with Crippen molar-refractivity contribution in [2.45, 2.75) is 39.2 Å². The van der Waals surface area contributed by atoms with Crippen molar-refractivity contribution in [2.24, 2.45) is 29.1 Å². The van der Waals surface area contributed by atoms with E-state index in [4.69, 9.17) is 25.9 Å². The summed E-state index contributed by atoms with van der Waals surface area (Å²) in [5.74, 6) is 0.389. The minimum Gasteiger partial charge on any atom is -0.476 e. The molecule has 1 saturated heterocycles. The van der Waals surface area contributed by atoms with E-state index in [-0.39, 0.29) is 11.6 Å². The van der Waals surface area contributed by atoms with Crippen LogP contribution in [0.2, 0.25) is 0 Å². The van der Waals surface area contributed by atoms with E-state index < -0.39 is 5.97 Å². The molecule has 7 rings (SSSR count). The number of benzene rings is 1. The Morgan fingerprint density at radius 1 is 1.15 bits per heavy atom. The van der Waals surface area contributed by atoms with Crippen molar-refractivity contribution in [1.82, 2.24) is 29.9 Å². The van der Waals surface area contributed by atoms with Crippen LogP contribution in [0, 0.1) is 11.3 Å². The van der Waals surface area contributed by atoms with E-state index in [1.807, 2.05) is 41.2 Å². The predicted molar refractivity (Wildman–Crippen MR) is 175 cm³/mol. The highest BCUT2D eigenvalue weighted by Gasteiger charge is 2.52. The number of carbonyl (C=O) groups is 2. The Kier molecular flexibility index (Phi) is 7.50. The number of carboxylic acid groups (broad SMARTS) is 1. The van der Waals surface area contributed by atoms with Crippen LogP contribution in [-0.2, 0) is 24.8 Å². The molecule has 1 spiro atoms. The number of aliphatic imine (C=N–C) groups is 1. The first-order valence-electron chi connectivity index (χ1n) is 15.7. The molecule has 3 N–H and O–H groups in total. The summed E-state index contributed by atoms with van der Waals surface area (Å²) in [7, 11) is 1.97. The lowest BCUT2D eigenvalue weighted by Crippen LogP contribution is -2.62. The lowest BCUT2D eigenvalue weighted by Gasteiger charge is -2.59. The molecule has 46 heavy (non-hydrogen) atoms. The molecule has 1 saturated carbocycles. The number of allylic oxidation sites excluding steroid dienone is 1. The molecule has 1 amide bonds. The summed E-state index contributed by atoms with van der Waals surface area (Å²) in [4.78, 5) is 36.6. The molecule has 0 atom stereocenters. The first-order valence-corrected chi connectivity index (χ1v) is 15.7. The number of pyridine rings is 1. The van der Waals surface area contributed by atoms with Crippen LogP contribution < -0.4 is 10.6 Å². The highest BCUT2D eigenvalue weighted by molar-refractivity contribution is 6.10. The molecule has 2 fully saturated rings. The Morgan fingerprint density at radius 3 is 2.70 bits per heavy atom. The number of aryl methyl sites for hydroxylation is 1. The molecule has 0 radical (unpaired) electrons. The largest absolute Gasteiger partial charge is 0.476 e. The van der Waals surface area contributed by atoms with Crippen LogP contribution in [0.25, 0.3) is 27.6 Å². The van der Waals surface area contributed by atoms with Gasteiger partial charge in [0.15, 0.2) is 11.5 Å². The summed E-state index contributed by atoms with van der Waals surface area (Å²) in [5, 5.41) is 23.8. The predicted octanol–water partition coefficient (Wildman–Crippen LogP) is 3.71. The van der Waals surface area contributed by atoms with Crippen LogP contribution in [0.1, 0.15) is 53.6 Å². The van der Waals surface area contributed by atoms with Gasteiger partial charge in [-0.15, -0.1) is 10.2 Å². The molecular formula is C34H37N9O3. The molecule has 236 valence electrons. The zero-order valence-electron chi connectivity index (χ0n) is 26.1. The maximum Gasteiger partial charge on any atom is 0.356 e. The van der Waals surface area contributed by atoms with E-state index in [0.717, 1.165) is 77.2 Å². The second kappa shape index (κ2) is 11.7. The van der Waals surface area contributed by atoms with Crippen molar-refractivity contribution in [2.75, 3.05) is 31.1 Å². The summed E-state index contributed by atoms with van der Waals surface area (Å²) in [6.07, 6.45) is 9.40. The normalized spacial score (nSPS) is 17.7. The van der Waals surface area contributed by atoms with Crippen LogP contribution in [0.3, 0.4) is 0 Å². The number of rotatable bonds is 8. The molecule has 3 aromatic heterocycles. The fourth-order valence-electron chi connectivity index (χ4n) is 7.39. The molecule has 12 nitrogen and oxygen atoms in total. The Labute approximate surface area is 266 Å². The van der Waals surface area contributed by atoms with E-state index in [9.17, 15) is 9.59 Å². The van der Waals surface area contributed by atoms with E-state index >= 15 is 0 Å². The minimum absolute atomic E-state index is 0.0378. The third kappa shape index (κ3) is 5.37. The van der Waals surface area contributed by atoms with Crippen molar-refractivity contribution >= 4 is 40.3 Å². The first kappa shape index (κ1) is 29.6. The standard InChI is InChI=1S/C34H37N9O3/c1-21(44)42-11-9-30-27(18-42)32(40-41(30)2)25-5-3-4-23-12-29(37-17-26(23)25)24(15-35)16-36-10-8-22-13-34(14-22)19-43(20-34)31-7-6-28(33(45)46)38-39-31/h3-7,12,15-17,22H,8-11,13-14,18-20,35H2,1-2H3,(H,45,46)/b24-15+,36-16?. The topological polar surface area (TPSA) is 156 Å². The molecule has 4 aromatic rings. The van der Waals surface area contributed by atoms with Crippen molar-refractivity contribution in [3.05, 3.63) is 71.4 Å². The smallest absolute Gasteiger partial charge is 0.356 e. The second-order valence-electron chi connectivity index (χ2n) is 12.8. The number of carbonyl (C=O) groups excluding carboxylic acids is 1. The summed E-state index contributed by atoms with van der Waals surface area (Å²) in [5.41, 5.74) is 12.0. The van der Waals surface area contributed by atoms with Gasteiger partial charge >= 0.3 is 5.97 Å². The van der Waals surface area contributed by atoms with E-state index in [1.165, 1.54) is 24.6 Å². The van der Waals surface area contributed by atoms with Gasteiger partial charge in [0.05, 0.1) is 11.4 Å². The average Bonchev–Trinajstić information content (AvgIpc) is 3.35. The molecule has 0 unspecified atom stereocenters. The number of nitrogens with zero attached hydrogens (tertiary/aromatic N) is 8. The number of amides is 1. The summed E-state index contributed by atoms with van der Waals surface area (Å²) in [6, 6.07) is 11.4. The minimum atomic E-state index is -1.07. The van der Waals surface area contributed by atoms with Gasteiger partial charge in [0.25, 0.3) is 0 Å².